The highest BCUT2D eigenvalue weighted by Crippen LogP contribution is 2.30. The van der Waals surface area contributed by atoms with Gasteiger partial charge in [-0.3, -0.25) is 0 Å². The van der Waals surface area contributed by atoms with Gasteiger partial charge in [0, 0.05) is 11.3 Å². The van der Waals surface area contributed by atoms with Crippen molar-refractivity contribution in [3.8, 4) is 0 Å². The first-order valence-electron chi connectivity index (χ1n) is 5.62. The molecule has 0 aliphatic rings. The number of hydrogen-bond acceptors (Lipinski definition) is 1. The van der Waals surface area contributed by atoms with E-state index in [9.17, 15) is 0 Å². The predicted octanol–water partition coefficient (Wildman–Crippen LogP) is 4.68. The summed E-state index contributed by atoms with van der Waals surface area (Å²) in [6.45, 7) is 8.72. The molecule has 1 heteroatoms. The van der Waals surface area contributed by atoms with Crippen LogP contribution in [0, 0.1) is 0 Å². The number of para-hydroxylation sites is 1. The maximum Gasteiger partial charge on any atom is 0.137 e. The molecule has 1 nitrogen and oxygen atoms in total. The minimum absolute atomic E-state index is 0.456. The highest BCUT2D eigenvalue weighted by Gasteiger charge is 2.11. The van der Waals surface area contributed by atoms with Crippen LogP contribution in [0.3, 0.4) is 0 Å². The zero-order chi connectivity index (χ0) is 11.0. The van der Waals surface area contributed by atoms with Crippen molar-refractivity contribution in [1.82, 2.24) is 0 Å². The summed E-state index contributed by atoms with van der Waals surface area (Å²) in [5, 5.41) is 1.23. The summed E-state index contributed by atoms with van der Waals surface area (Å²) in [6, 6.07) is 8.54. The van der Waals surface area contributed by atoms with E-state index in [4.69, 9.17) is 4.42 Å². The van der Waals surface area contributed by atoms with Crippen LogP contribution >= 0.6 is 0 Å². The minimum atomic E-state index is 0.456. The molecule has 0 spiro atoms. The Kier molecular flexibility index (Phi) is 2.56. The standard InChI is InChI=1S/C14H18O/c1-9(2)12-7-5-6-11-8-13(10(3)4)15-14(11)12/h5-10H,1-4H3. The number of furan rings is 1. The van der Waals surface area contributed by atoms with Gasteiger partial charge in [0.2, 0.25) is 0 Å². The second-order valence-corrected chi connectivity index (χ2v) is 4.72. The van der Waals surface area contributed by atoms with Crippen molar-refractivity contribution in [3.63, 3.8) is 0 Å². The molecule has 0 aliphatic heterocycles. The van der Waals surface area contributed by atoms with Crippen LogP contribution in [0.5, 0.6) is 0 Å². The van der Waals surface area contributed by atoms with Gasteiger partial charge < -0.3 is 4.42 Å². The second kappa shape index (κ2) is 3.73. The van der Waals surface area contributed by atoms with Gasteiger partial charge in [0.15, 0.2) is 0 Å². The molecule has 0 fully saturated rings. The van der Waals surface area contributed by atoms with Crippen LogP contribution in [0.1, 0.15) is 50.9 Å². The van der Waals surface area contributed by atoms with Crippen LogP contribution in [0.2, 0.25) is 0 Å². The van der Waals surface area contributed by atoms with Gasteiger partial charge in [-0.2, -0.15) is 0 Å². The molecule has 1 heterocycles. The van der Waals surface area contributed by atoms with E-state index in [0.717, 1.165) is 11.3 Å². The number of hydrogen-bond donors (Lipinski definition) is 0. The molecule has 0 N–H and O–H groups in total. The lowest BCUT2D eigenvalue weighted by atomic mass is 10.0. The van der Waals surface area contributed by atoms with Crippen molar-refractivity contribution in [3.05, 3.63) is 35.6 Å². The van der Waals surface area contributed by atoms with Gasteiger partial charge in [-0.25, -0.2) is 0 Å². The van der Waals surface area contributed by atoms with Gasteiger partial charge in [0.1, 0.15) is 11.3 Å². The maximum absolute atomic E-state index is 5.92. The first kappa shape index (κ1) is 10.3. The molecule has 0 radical (unpaired) electrons. The summed E-state index contributed by atoms with van der Waals surface area (Å²) in [6.07, 6.45) is 0. The Morgan fingerprint density at radius 3 is 2.33 bits per heavy atom. The van der Waals surface area contributed by atoms with E-state index in [-0.39, 0.29) is 0 Å². The second-order valence-electron chi connectivity index (χ2n) is 4.72. The third kappa shape index (κ3) is 1.79. The van der Waals surface area contributed by atoms with Crippen molar-refractivity contribution >= 4 is 11.0 Å². The summed E-state index contributed by atoms with van der Waals surface area (Å²) in [5.41, 5.74) is 2.37. The number of benzene rings is 1. The Hall–Kier alpha value is -1.24. The summed E-state index contributed by atoms with van der Waals surface area (Å²) in [7, 11) is 0. The molecule has 0 unspecified atom stereocenters. The molecule has 0 amide bonds. The molecule has 0 aliphatic carbocycles. The van der Waals surface area contributed by atoms with Gasteiger partial charge >= 0.3 is 0 Å². The van der Waals surface area contributed by atoms with Crippen molar-refractivity contribution < 1.29 is 4.42 Å². The van der Waals surface area contributed by atoms with Crippen LogP contribution < -0.4 is 0 Å². The lowest BCUT2D eigenvalue weighted by Crippen LogP contribution is -1.86. The molecule has 15 heavy (non-hydrogen) atoms. The summed E-state index contributed by atoms with van der Waals surface area (Å²) in [5.74, 6) is 2.05. The zero-order valence-electron chi connectivity index (χ0n) is 9.87. The summed E-state index contributed by atoms with van der Waals surface area (Å²) < 4.78 is 5.92. The topological polar surface area (TPSA) is 13.1 Å². The molecule has 0 atom stereocenters. The van der Waals surface area contributed by atoms with E-state index >= 15 is 0 Å². The van der Waals surface area contributed by atoms with Crippen LogP contribution in [0.4, 0.5) is 0 Å². The van der Waals surface area contributed by atoms with Gasteiger partial charge in [0.05, 0.1) is 0 Å². The molecule has 2 rings (SSSR count). The molecular formula is C14H18O. The van der Waals surface area contributed by atoms with E-state index in [0.29, 0.717) is 11.8 Å². The quantitative estimate of drug-likeness (QED) is 0.689. The fraction of sp³-hybridized carbons (Fsp3) is 0.429. The van der Waals surface area contributed by atoms with Gasteiger partial charge in [-0.05, 0) is 17.5 Å². The highest BCUT2D eigenvalue weighted by atomic mass is 16.3. The maximum atomic E-state index is 5.92. The number of rotatable bonds is 2. The SMILES string of the molecule is CC(C)c1cc2cccc(C(C)C)c2o1. The van der Waals surface area contributed by atoms with E-state index in [1.54, 1.807) is 0 Å². The average Bonchev–Trinajstić information content (AvgIpc) is 2.60. The third-order valence-corrected chi connectivity index (χ3v) is 2.78. The summed E-state index contributed by atoms with van der Waals surface area (Å²) in [4.78, 5) is 0. The van der Waals surface area contributed by atoms with Gasteiger partial charge in [-0.1, -0.05) is 45.9 Å². The fourth-order valence-corrected chi connectivity index (χ4v) is 1.84. The van der Waals surface area contributed by atoms with Crippen molar-refractivity contribution in [1.29, 1.82) is 0 Å². The van der Waals surface area contributed by atoms with Crippen molar-refractivity contribution in [2.75, 3.05) is 0 Å². The highest BCUT2D eigenvalue weighted by molar-refractivity contribution is 5.81. The zero-order valence-corrected chi connectivity index (χ0v) is 9.87. The Balaban J connectivity index is 2.64. The summed E-state index contributed by atoms with van der Waals surface area (Å²) >= 11 is 0. The lowest BCUT2D eigenvalue weighted by Gasteiger charge is -2.05. The first-order chi connectivity index (χ1) is 7.09. The van der Waals surface area contributed by atoms with Crippen molar-refractivity contribution in [2.24, 2.45) is 0 Å². The first-order valence-corrected chi connectivity index (χ1v) is 5.62. The Labute approximate surface area is 91.1 Å². The molecule has 1 aromatic carbocycles. The Morgan fingerprint density at radius 1 is 1.00 bits per heavy atom. The normalized spacial score (nSPS) is 11.9. The minimum Gasteiger partial charge on any atom is -0.461 e. The van der Waals surface area contributed by atoms with E-state index < -0.39 is 0 Å². The molecule has 0 saturated heterocycles. The largest absolute Gasteiger partial charge is 0.461 e. The third-order valence-electron chi connectivity index (χ3n) is 2.78. The smallest absolute Gasteiger partial charge is 0.137 e. The lowest BCUT2D eigenvalue weighted by molar-refractivity contribution is 0.517. The molecule has 0 bridgehead atoms. The van der Waals surface area contributed by atoms with E-state index in [1.807, 2.05) is 0 Å². The molecule has 80 valence electrons. The molecule has 2 aromatic rings. The van der Waals surface area contributed by atoms with Gasteiger partial charge in [-0.15, -0.1) is 0 Å². The Bertz CT molecular complexity index is 463. The fourth-order valence-electron chi connectivity index (χ4n) is 1.84. The van der Waals surface area contributed by atoms with Crippen LogP contribution in [-0.4, -0.2) is 0 Å². The monoisotopic (exact) mass is 202 g/mol. The van der Waals surface area contributed by atoms with Crippen LogP contribution in [-0.2, 0) is 0 Å². The predicted molar refractivity (Wildman–Crippen MR) is 64.4 cm³/mol. The van der Waals surface area contributed by atoms with E-state index in [1.165, 1.54) is 10.9 Å². The van der Waals surface area contributed by atoms with Crippen LogP contribution in [0.15, 0.2) is 28.7 Å². The van der Waals surface area contributed by atoms with E-state index in [2.05, 4.69) is 52.0 Å². The average molecular weight is 202 g/mol. The molecular weight excluding hydrogens is 184 g/mol. The van der Waals surface area contributed by atoms with Gasteiger partial charge in [0.25, 0.3) is 0 Å². The number of fused-ring (bicyclic) bond motifs is 1. The van der Waals surface area contributed by atoms with Crippen molar-refractivity contribution in [2.45, 2.75) is 39.5 Å². The Morgan fingerprint density at radius 2 is 1.73 bits per heavy atom. The van der Waals surface area contributed by atoms with Crippen LogP contribution in [0.25, 0.3) is 11.0 Å². The molecule has 1 aromatic heterocycles. The molecule has 0 saturated carbocycles.